The van der Waals surface area contributed by atoms with Crippen LogP contribution >= 0.6 is 0 Å². The van der Waals surface area contributed by atoms with E-state index in [-0.39, 0.29) is 0 Å². The molecule has 0 aliphatic heterocycles. The van der Waals surface area contributed by atoms with Crippen molar-refractivity contribution >= 4 is 17.0 Å². The van der Waals surface area contributed by atoms with Crippen molar-refractivity contribution in [2.75, 3.05) is 12.0 Å². The Hall–Kier alpha value is -4.04. The zero-order valence-electron chi connectivity index (χ0n) is 18.9. The second-order valence-corrected chi connectivity index (χ2v) is 8.06. The fourth-order valence-electron chi connectivity index (χ4n) is 4.00. The molecule has 0 atom stereocenters. The highest BCUT2D eigenvalue weighted by Gasteiger charge is 2.18. The Kier molecular flexibility index (Phi) is 6.87. The van der Waals surface area contributed by atoms with Gasteiger partial charge in [0, 0.05) is 25.5 Å². The summed E-state index contributed by atoms with van der Waals surface area (Å²) in [6, 6.07) is 18.4. The van der Waals surface area contributed by atoms with E-state index < -0.39 is 0 Å². The Bertz CT molecular complexity index is 1300. The average Bonchev–Trinajstić information content (AvgIpc) is 3.54. The van der Waals surface area contributed by atoms with Crippen molar-refractivity contribution in [1.29, 1.82) is 0 Å². The van der Waals surface area contributed by atoms with Crippen molar-refractivity contribution in [1.82, 2.24) is 29.9 Å². The zero-order chi connectivity index (χ0) is 23.0. The lowest BCUT2D eigenvalue weighted by Crippen LogP contribution is -2.24. The molecule has 8 heteroatoms. The van der Waals surface area contributed by atoms with Crippen LogP contribution < -0.4 is 10.9 Å². The summed E-state index contributed by atoms with van der Waals surface area (Å²) in [5, 5.41) is 0. The van der Waals surface area contributed by atoms with Gasteiger partial charge in [0.05, 0.1) is 6.26 Å². The lowest BCUT2D eigenvalue weighted by Gasteiger charge is -2.09. The van der Waals surface area contributed by atoms with Gasteiger partial charge in [-0.2, -0.15) is 0 Å². The van der Waals surface area contributed by atoms with Crippen LogP contribution in [0.15, 0.2) is 84.0 Å². The predicted molar refractivity (Wildman–Crippen MR) is 132 cm³/mol. The number of aromatic nitrogens is 5. The Morgan fingerprint density at radius 2 is 1.68 bits per heavy atom. The van der Waals surface area contributed by atoms with Gasteiger partial charge in [0.15, 0.2) is 28.6 Å². The van der Waals surface area contributed by atoms with E-state index in [0.29, 0.717) is 17.1 Å². The van der Waals surface area contributed by atoms with Gasteiger partial charge >= 0.3 is 0 Å². The molecule has 0 bridgehead atoms. The molecule has 1 aromatic carbocycles. The third-order valence-corrected chi connectivity index (χ3v) is 5.69. The number of nitrogens with zero attached hydrogens (tertiary/aromatic N) is 5. The minimum absolute atomic E-state index is 0.658. The fourth-order valence-corrected chi connectivity index (χ4v) is 4.00. The van der Waals surface area contributed by atoms with Crippen molar-refractivity contribution in [3.8, 4) is 11.6 Å². The zero-order valence-corrected chi connectivity index (χ0v) is 18.9. The number of anilines is 1. The molecule has 0 spiro atoms. The molecule has 0 amide bonds. The van der Waals surface area contributed by atoms with Crippen LogP contribution in [-0.2, 0) is 19.4 Å². The van der Waals surface area contributed by atoms with Crippen LogP contribution in [0.25, 0.3) is 22.7 Å². The van der Waals surface area contributed by atoms with E-state index in [1.807, 2.05) is 42.7 Å². The van der Waals surface area contributed by atoms with E-state index in [1.165, 1.54) is 11.1 Å². The van der Waals surface area contributed by atoms with Crippen LogP contribution in [0.4, 0.5) is 5.82 Å². The van der Waals surface area contributed by atoms with Crippen LogP contribution in [0.2, 0.25) is 0 Å². The Morgan fingerprint density at radius 3 is 2.50 bits per heavy atom. The number of nitrogens with one attached hydrogen (secondary N) is 2. The lowest BCUT2D eigenvalue weighted by molar-refractivity contribution is 0.565. The molecule has 5 aromatic rings. The average molecular weight is 454 g/mol. The standard InChI is InChI=1S/C26H27N7O/c1-2-7-20(8-3-1)9-4-14-30-32-24-23-26(29-19-28-24)33(25(31-23)22-11-6-18-34-22)17-5-10-21-12-15-27-16-13-21/h1-3,6-8,11-13,15-16,18-19,30H,4-5,9-10,14,17H2,(H,28,29,32). The molecule has 34 heavy (non-hydrogen) atoms. The Labute approximate surface area is 198 Å². The van der Waals surface area contributed by atoms with Gasteiger partial charge < -0.3 is 14.4 Å². The number of hydrogen-bond acceptors (Lipinski definition) is 7. The second-order valence-electron chi connectivity index (χ2n) is 8.06. The predicted octanol–water partition coefficient (Wildman–Crippen LogP) is 4.66. The van der Waals surface area contributed by atoms with Crippen molar-refractivity contribution in [2.24, 2.45) is 0 Å². The highest BCUT2D eigenvalue weighted by molar-refractivity contribution is 5.85. The molecule has 0 aliphatic carbocycles. The first-order valence-corrected chi connectivity index (χ1v) is 11.6. The Morgan fingerprint density at radius 1 is 0.853 bits per heavy atom. The molecule has 0 unspecified atom stereocenters. The number of furan rings is 1. The van der Waals surface area contributed by atoms with E-state index in [0.717, 1.165) is 50.2 Å². The third-order valence-electron chi connectivity index (χ3n) is 5.69. The van der Waals surface area contributed by atoms with E-state index >= 15 is 0 Å². The number of fused-ring (bicyclic) bond motifs is 1. The molecular formula is C26H27N7O. The molecule has 5 rings (SSSR count). The topological polar surface area (TPSA) is 93.7 Å². The van der Waals surface area contributed by atoms with Crippen molar-refractivity contribution in [3.05, 3.63) is 90.7 Å². The van der Waals surface area contributed by atoms with Gasteiger partial charge in [0.1, 0.15) is 6.33 Å². The minimum Gasteiger partial charge on any atom is -0.461 e. The van der Waals surface area contributed by atoms with Gasteiger partial charge in [-0.05, 0) is 61.1 Å². The maximum Gasteiger partial charge on any atom is 0.178 e. The number of imidazole rings is 1. The van der Waals surface area contributed by atoms with Gasteiger partial charge in [-0.1, -0.05) is 30.3 Å². The molecule has 0 aliphatic rings. The molecular weight excluding hydrogens is 426 g/mol. The highest BCUT2D eigenvalue weighted by atomic mass is 16.3. The summed E-state index contributed by atoms with van der Waals surface area (Å²) in [6.07, 6.45) is 10.8. The van der Waals surface area contributed by atoms with E-state index in [2.05, 4.69) is 54.6 Å². The van der Waals surface area contributed by atoms with Crippen LogP contribution in [0.3, 0.4) is 0 Å². The van der Waals surface area contributed by atoms with Gasteiger partial charge in [0.25, 0.3) is 0 Å². The molecule has 4 aromatic heterocycles. The van der Waals surface area contributed by atoms with Crippen molar-refractivity contribution < 1.29 is 4.42 Å². The summed E-state index contributed by atoms with van der Waals surface area (Å²) >= 11 is 0. The van der Waals surface area contributed by atoms with Gasteiger partial charge in [-0.25, -0.2) is 20.4 Å². The molecule has 0 fully saturated rings. The maximum atomic E-state index is 5.67. The molecule has 0 radical (unpaired) electrons. The van der Waals surface area contributed by atoms with Gasteiger partial charge in [-0.3, -0.25) is 4.98 Å². The van der Waals surface area contributed by atoms with Crippen molar-refractivity contribution in [2.45, 2.75) is 32.2 Å². The summed E-state index contributed by atoms with van der Waals surface area (Å²) in [7, 11) is 0. The molecule has 4 heterocycles. The van der Waals surface area contributed by atoms with Crippen molar-refractivity contribution in [3.63, 3.8) is 0 Å². The quantitative estimate of drug-likeness (QED) is 0.222. The first kappa shape index (κ1) is 21.8. The van der Waals surface area contributed by atoms with Gasteiger partial charge in [-0.15, -0.1) is 0 Å². The maximum absolute atomic E-state index is 5.67. The first-order valence-electron chi connectivity index (χ1n) is 11.6. The van der Waals surface area contributed by atoms with Crippen LogP contribution in [0, 0.1) is 0 Å². The summed E-state index contributed by atoms with van der Waals surface area (Å²) < 4.78 is 7.78. The number of rotatable bonds is 11. The summed E-state index contributed by atoms with van der Waals surface area (Å²) in [5.74, 6) is 2.12. The number of pyridine rings is 1. The summed E-state index contributed by atoms with van der Waals surface area (Å²) in [6.45, 7) is 1.56. The summed E-state index contributed by atoms with van der Waals surface area (Å²) in [4.78, 5) is 17.9. The second kappa shape index (κ2) is 10.7. The van der Waals surface area contributed by atoms with E-state index in [1.54, 1.807) is 12.6 Å². The smallest absolute Gasteiger partial charge is 0.178 e. The number of aryl methyl sites for hydroxylation is 3. The van der Waals surface area contributed by atoms with Crippen LogP contribution in [-0.4, -0.2) is 31.0 Å². The summed E-state index contributed by atoms with van der Waals surface area (Å²) in [5.41, 5.74) is 10.6. The molecule has 2 N–H and O–H groups in total. The largest absolute Gasteiger partial charge is 0.461 e. The molecule has 0 saturated heterocycles. The number of hydrazine groups is 1. The number of benzene rings is 1. The normalized spacial score (nSPS) is 11.2. The van der Waals surface area contributed by atoms with Crippen LogP contribution in [0.5, 0.6) is 0 Å². The molecule has 8 nitrogen and oxygen atoms in total. The number of hydrogen-bond donors (Lipinski definition) is 2. The Balaban J connectivity index is 1.30. The SMILES string of the molecule is c1ccc(CCCNNc2ncnc3c2nc(-c2ccco2)n3CCCc2ccncc2)cc1. The monoisotopic (exact) mass is 453 g/mol. The van der Waals surface area contributed by atoms with E-state index in [4.69, 9.17) is 9.40 Å². The first-order chi connectivity index (χ1) is 16.9. The minimum atomic E-state index is 0.658. The molecule has 172 valence electrons. The van der Waals surface area contributed by atoms with E-state index in [9.17, 15) is 0 Å². The third kappa shape index (κ3) is 5.13. The molecule has 0 saturated carbocycles. The lowest BCUT2D eigenvalue weighted by atomic mass is 10.1. The highest BCUT2D eigenvalue weighted by Crippen LogP contribution is 2.27. The fraction of sp³-hybridized carbons (Fsp3) is 0.231. The van der Waals surface area contributed by atoms with Gasteiger partial charge in [0.2, 0.25) is 0 Å². The van der Waals surface area contributed by atoms with Crippen LogP contribution in [0.1, 0.15) is 24.0 Å².